The second-order valence-electron chi connectivity index (χ2n) is 3.51. The van der Waals surface area contributed by atoms with Crippen LogP contribution in [0.2, 0.25) is 0 Å². The van der Waals surface area contributed by atoms with Crippen LogP contribution >= 0.6 is 11.3 Å². The molecule has 0 radical (unpaired) electrons. The van der Waals surface area contributed by atoms with Crippen LogP contribution in [0, 0.1) is 0 Å². The molecular weight excluding hydrogens is 203 g/mol. The molecule has 2 aromatic rings. The van der Waals surface area contributed by atoms with Crippen LogP contribution in [-0.4, -0.2) is 11.9 Å². The lowest BCUT2D eigenvalue weighted by Crippen LogP contribution is -2.40. The molecule has 0 saturated heterocycles. The van der Waals surface area contributed by atoms with E-state index in [0.717, 1.165) is 16.7 Å². The van der Waals surface area contributed by atoms with E-state index >= 15 is 0 Å². The van der Waals surface area contributed by atoms with Gasteiger partial charge in [0.2, 0.25) is 0 Å². The Kier molecular flexibility index (Phi) is 3.24. The Bertz CT molecular complexity index is 408. The van der Waals surface area contributed by atoms with Crippen molar-refractivity contribution in [1.29, 1.82) is 0 Å². The van der Waals surface area contributed by atoms with Crippen LogP contribution in [-0.2, 0) is 6.42 Å². The summed E-state index contributed by atoms with van der Waals surface area (Å²) in [5, 5.41) is 12.0. The first-order valence-corrected chi connectivity index (χ1v) is 5.99. The third kappa shape index (κ3) is 2.30. The van der Waals surface area contributed by atoms with Crippen molar-refractivity contribution in [3.05, 3.63) is 47.3 Å². The molecule has 76 valence electrons. The van der Waals surface area contributed by atoms with E-state index in [9.17, 15) is 5.02 Å². The van der Waals surface area contributed by atoms with Gasteiger partial charge in [0.05, 0.1) is 0 Å². The smallest absolute Gasteiger partial charge is 0.369 e. The quantitative estimate of drug-likeness (QED) is 0.769. The maximum Gasteiger partial charge on any atom is 0.369 e. The molecule has 3 heteroatoms. The van der Waals surface area contributed by atoms with Crippen molar-refractivity contribution in [2.45, 2.75) is 13.3 Å². The molecule has 0 aliphatic carbocycles. The minimum absolute atomic E-state index is 0.476. The number of rotatable bonds is 3. The summed E-state index contributed by atoms with van der Waals surface area (Å²) in [4.78, 5) is 0. The molecule has 1 nitrogen and oxygen atoms in total. The van der Waals surface area contributed by atoms with Crippen LogP contribution in [0.3, 0.4) is 0 Å². The van der Waals surface area contributed by atoms with Crippen molar-refractivity contribution in [3.8, 4) is 0 Å². The van der Waals surface area contributed by atoms with Gasteiger partial charge in [-0.1, -0.05) is 43.3 Å². The van der Waals surface area contributed by atoms with Crippen LogP contribution in [0.25, 0.3) is 0 Å². The highest BCUT2D eigenvalue weighted by molar-refractivity contribution is 7.22. The topological polar surface area (TPSA) is 20.2 Å². The molecule has 0 aliphatic rings. The zero-order chi connectivity index (χ0) is 10.7. The summed E-state index contributed by atoms with van der Waals surface area (Å²) in [5.41, 5.74) is 2.27. The minimum Gasteiger partial charge on any atom is -0.442 e. The molecule has 0 atom stereocenters. The van der Waals surface area contributed by atoms with Gasteiger partial charge in [0, 0.05) is 4.78 Å². The van der Waals surface area contributed by atoms with Gasteiger partial charge in [0.15, 0.2) is 0 Å². The molecule has 0 spiro atoms. The molecular formula is C12H13BOS. The summed E-state index contributed by atoms with van der Waals surface area (Å²) in [6, 6.07) is 12.1. The lowest BCUT2D eigenvalue weighted by Gasteiger charge is -2.05. The second-order valence-corrected chi connectivity index (χ2v) is 4.49. The molecule has 0 fully saturated rings. The molecule has 0 unspecified atom stereocenters. The van der Waals surface area contributed by atoms with E-state index in [0.29, 0.717) is 0 Å². The van der Waals surface area contributed by atoms with Gasteiger partial charge in [-0.05, 0) is 22.8 Å². The van der Waals surface area contributed by atoms with Gasteiger partial charge >= 0.3 is 6.92 Å². The molecule has 0 saturated carbocycles. The summed E-state index contributed by atoms with van der Waals surface area (Å²) in [5.74, 6) is 0. The van der Waals surface area contributed by atoms with Gasteiger partial charge in [-0.3, -0.25) is 0 Å². The van der Waals surface area contributed by atoms with Crippen LogP contribution in [0.4, 0.5) is 0 Å². The van der Waals surface area contributed by atoms with Gasteiger partial charge in [0.25, 0.3) is 0 Å². The van der Waals surface area contributed by atoms with Crippen LogP contribution in [0.5, 0.6) is 0 Å². The number of hydrogen-bond donors (Lipinski definition) is 1. The SMILES string of the molecule is CCc1ccc(B(O)c2cccs2)cc1. The number of benzene rings is 1. The fraction of sp³-hybridized carbons (Fsp3) is 0.167. The Hall–Kier alpha value is -1.06. The summed E-state index contributed by atoms with van der Waals surface area (Å²) in [6.45, 7) is 1.65. The van der Waals surface area contributed by atoms with E-state index in [4.69, 9.17) is 0 Å². The maximum absolute atomic E-state index is 10.1. The van der Waals surface area contributed by atoms with E-state index in [-0.39, 0.29) is 0 Å². The Morgan fingerprint density at radius 2 is 1.93 bits per heavy atom. The lowest BCUT2D eigenvalue weighted by atomic mass is 9.60. The Morgan fingerprint density at radius 3 is 2.47 bits per heavy atom. The molecule has 1 aromatic carbocycles. The summed E-state index contributed by atoms with van der Waals surface area (Å²) in [6.07, 6.45) is 1.04. The molecule has 1 N–H and O–H groups in total. The standard InChI is InChI=1S/C12H13BOS/c1-2-10-5-7-11(8-6-10)13(14)12-4-3-9-15-12/h3-9,14H,2H2,1H3. The summed E-state index contributed by atoms with van der Waals surface area (Å²) in [7, 11) is 0. The van der Waals surface area contributed by atoms with E-state index in [2.05, 4.69) is 19.1 Å². The highest BCUT2D eigenvalue weighted by Gasteiger charge is 2.17. The average Bonchev–Trinajstić information content (AvgIpc) is 2.82. The van der Waals surface area contributed by atoms with E-state index in [1.165, 1.54) is 5.56 Å². The first-order chi connectivity index (χ1) is 7.31. The van der Waals surface area contributed by atoms with Gasteiger partial charge < -0.3 is 5.02 Å². The Morgan fingerprint density at radius 1 is 1.20 bits per heavy atom. The van der Waals surface area contributed by atoms with Gasteiger partial charge in [-0.25, -0.2) is 0 Å². The molecule has 1 heterocycles. The van der Waals surface area contributed by atoms with Crippen LogP contribution < -0.4 is 10.2 Å². The average molecular weight is 216 g/mol. The Balaban J connectivity index is 2.22. The zero-order valence-corrected chi connectivity index (χ0v) is 9.50. The van der Waals surface area contributed by atoms with Crippen molar-refractivity contribution < 1.29 is 5.02 Å². The highest BCUT2D eigenvalue weighted by atomic mass is 32.1. The van der Waals surface area contributed by atoms with Crippen molar-refractivity contribution in [3.63, 3.8) is 0 Å². The molecule has 1 aromatic heterocycles. The zero-order valence-electron chi connectivity index (χ0n) is 8.68. The largest absolute Gasteiger partial charge is 0.442 e. The van der Waals surface area contributed by atoms with Gasteiger partial charge in [0.1, 0.15) is 0 Å². The van der Waals surface area contributed by atoms with Crippen LogP contribution in [0.15, 0.2) is 41.8 Å². The second kappa shape index (κ2) is 4.64. The van der Waals surface area contributed by atoms with Crippen molar-refractivity contribution >= 4 is 28.5 Å². The first kappa shape index (κ1) is 10.5. The van der Waals surface area contributed by atoms with E-state index < -0.39 is 6.92 Å². The molecule has 2 rings (SSSR count). The van der Waals surface area contributed by atoms with E-state index in [1.54, 1.807) is 11.3 Å². The van der Waals surface area contributed by atoms with Crippen molar-refractivity contribution in [1.82, 2.24) is 0 Å². The highest BCUT2D eigenvalue weighted by Crippen LogP contribution is 2.00. The van der Waals surface area contributed by atoms with Crippen molar-refractivity contribution in [2.24, 2.45) is 0 Å². The Labute approximate surface area is 94.5 Å². The summed E-state index contributed by atoms with van der Waals surface area (Å²) >= 11 is 1.59. The number of hydrogen-bond acceptors (Lipinski definition) is 2. The predicted molar refractivity (Wildman–Crippen MR) is 67.4 cm³/mol. The van der Waals surface area contributed by atoms with Gasteiger partial charge in [-0.2, -0.15) is 11.3 Å². The van der Waals surface area contributed by atoms with Gasteiger partial charge in [-0.15, -0.1) is 0 Å². The molecule has 0 aliphatic heterocycles. The number of thiophene rings is 1. The fourth-order valence-corrected chi connectivity index (χ4v) is 2.28. The fourth-order valence-electron chi connectivity index (χ4n) is 1.55. The first-order valence-electron chi connectivity index (χ1n) is 5.11. The molecule has 0 bridgehead atoms. The summed E-state index contributed by atoms with van der Waals surface area (Å²) < 4.78 is 0.999. The number of aryl methyl sites for hydroxylation is 1. The van der Waals surface area contributed by atoms with E-state index in [1.807, 2.05) is 29.6 Å². The third-order valence-corrected chi connectivity index (χ3v) is 3.44. The minimum atomic E-state index is -0.476. The predicted octanol–water partition coefficient (Wildman–Crippen LogP) is 1.41. The van der Waals surface area contributed by atoms with Crippen molar-refractivity contribution in [2.75, 3.05) is 0 Å². The lowest BCUT2D eigenvalue weighted by molar-refractivity contribution is 0.601. The monoisotopic (exact) mass is 216 g/mol. The molecule has 0 amide bonds. The third-order valence-electron chi connectivity index (χ3n) is 2.52. The maximum atomic E-state index is 10.1. The molecule has 15 heavy (non-hydrogen) atoms. The normalized spacial score (nSPS) is 10.3. The van der Waals surface area contributed by atoms with Crippen LogP contribution in [0.1, 0.15) is 12.5 Å².